The van der Waals surface area contributed by atoms with E-state index >= 15 is 0 Å². The number of fused-ring (bicyclic) bond motifs is 2. The van der Waals surface area contributed by atoms with Crippen molar-refractivity contribution in [2.45, 2.75) is 43.9 Å². The van der Waals surface area contributed by atoms with Gasteiger partial charge >= 0.3 is 17.9 Å². The molecule has 184 valence electrons. The molecule has 2 bridgehead atoms. The molecule has 4 rings (SSSR count). The Balaban J connectivity index is 1.56. The van der Waals surface area contributed by atoms with E-state index in [1.807, 2.05) is 0 Å². The van der Waals surface area contributed by atoms with Crippen molar-refractivity contribution in [1.29, 1.82) is 0 Å². The highest BCUT2D eigenvalue weighted by atomic mass is 35.5. The first kappa shape index (κ1) is 25.0. The lowest BCUT2D eigenvalue weighted by molar-refractivity contribution is -0.159. The molecule has 2 saturated carbocycles. The fraction of sp³-hybridized carbons (Fsp3) is 0.360. The van der Waals surface area contributed by atoms with Crippen LogP contribution < -0.4 is 5.32 Å². The minimum absolute atomic E-state index is 0.0249. The molecule has 0 saturated heterocycles. The summed E-state index contributed by atoms with van der Waals surface area (Å²) in [4.78, 5) is 50.7. The number of ether oxygens (including phenoxy) is 2. The van der Waals surface area contributed by atoms with Gasteiger partial charge in [0.15, 0.2) is 0 Å². The van der Waals surface area contributed by atoms with E-state index < -0.39 is 36.0 Å². The highest BCUT2D eigenvalue weighted by Gasteiger charge is 2.45. The van der Waals surface area contributed by atoms with Crippen LogP contribution in [0.25, 0.3) is 0 Å². The SMILES string of the molecule is O=C(O[C@H](C(=O)O)[C@H](OC(=O)c1ccc(Cl)cc1)C(=O)N[C@@H]1C[C@H]2CC[C@H]1C2)c1ccc(Cl)cc1. The van der Waals surface area contributed by atoms with Crippen molar-refractivity contribution >= 4 is 47.0 Å². The second-order valence-corrected chi connectivity index (χ2v) is 9.67. The molecule has 2 fully saturated rings. The average molecular weight is 520 g/mol. The molecule has 0 radical (unpaired) electrons. The van der Waals surface area contributed by atoms with Gasteiger partial charge in [-0.1, -0.05) is 29.6 Å². The van der Waals surface area contributed by atoms with Crippen molar-refractivity contribution in [2.24, 2.45) is 11.8 Å². The lowest BCUT2D eigenvalue weighted by Gasteiger charge is -2.28. The fourth-order valence-corrected chi connectivity index (χ4v) is 4.97. The third-order valence-corrected chi connectivity index (χ3v) is 6.97. The zero-order valence-corrected chi connectivity index (χ0v) is 20.0. The van der Waals surface area contributed by atoms with Gasteiger partial charge in [-0.2, -0.15) is 0 Å². The van der Waals surface area contributed by atoms with Crippen LogP contribution in [0.5, 0.6) is 0 Å². The highest BCUT2D eigenvalue weighted by Crippen LogP contribution is 2.44. The van der Waals surface area contributed by atoms with Crippen molar-refractivity contribution in [3.05, 3.63) is 69.7 Å². The highest BCUT2D eigenvalue weighted by molar-refractivity contribution is 6.31. The van der Waals surface area contributed by atoms with Crippen LogP contribution in [0.1, 0.15) is 46.4 Å². The van der Waals surface area contributed by atoms with Gasteiger partial charge in [0.05, 0.1) is 11.1 Å². The Labute approximate surface area is 211 Å². The molecule has 2 aromatic carbocycles. The first-order valence-electron chi connectivity index (χ1n) is 11.2. The number of rotatable bonds is 8. The summed E-state index contributed by atoms with van der Waals surface area (Å²) in [6, 6.07) is 11.1. The lowest BCUT2D eigenvalue weighted by Crippen LogP contribution is -2.53. The number of carbonyl (C=O) groups excluding carboxylic acids is 3. The van der Waals surface area contributed by atoms with Gasteiger partial charge in [-0.25, -0.2) is 14.4 Å². The van der Waals surface area contributed by atoms with Crippen molar-refractivity contribution < 1.29 is 33.8 Å². The molecule has 0 heterocycles. The van der Waals surface area contributed by atoms with Gasteiger partial charge in [0.1, 0.15) is 0 Å². The number of carboxylic acid groups (broad SMARTS) is 1. The van der Waals surface area contributed by atoms with Gasteiger partial charge in [0, 0.05) is 16.1 Å². The maximum atomic E-state index is 13.2. The van der Waals surface area contributed by atoms with E-state index in [0.29, 0.717) is 16.0 Å². The molecule has 0 unspecified atom stereocenters. The Kier molecular flexibility index (Phi) is 7.62. The number of benzene rings is 2. The Morgan fingerprint density at radius 1 is 0.800 bits per heavy atom. The number of halogens is 2. The average Bonchev–Trinajstić information content (AvgIpc) is 3.45. The smallest absolute Gasteiger partial charge is 0.349 e. The zero-order chi connectivity index (χ0) is 25.1. The summed E-state index contributed by atoms with van der Waals surface area (Å²) in [6.07, 6.45) is -0.148. The summed E-state index contributed by atoms with van der Waals surface area (Å²) >= 11 is 11.7. The van der Waals surface area contributed by atoms with Crippen LogP contribution in [0.3, 0.4) is 0 Å². The fourth-order valence-electron chi connectivity index (χ4n) is 4.72. The zero-order valence-electron chi connectivity index (χ0n) is 18.5. The van der Waals surface area contributed by atoms with Crippen LogP contribution in [0.4, 0.5) is 0 Å². The number of aliphatic carboxylic acids is 1. The number of hydrogen-bond acceptors (Lipinski definition) is 6. The maximum absolute atomic E-state index is 13.2. The van der Waals surface area contributed by atoms with Crippen LogP contribution in [-0.2, 0) is 19.1 Å². The van der Waals surface area contributed by atoms with E-state index in [1.165, 1.54) is 48.5 Å². The third kappa shape index (κ3) is 5.94. The molecule has 2 N–H and O–H groups in total. The van der Waals surface area contributed by atoms with Crippen LogP contribution in [0.15, 0.2) is 48.5 Å². The summed E-state index contributed by atoms with van der Waals surface area (Å²) in [5.74, 6) is -3.63. The largest absolute Gasteiger partial charge is 0.478 e. The van der Waals surface area contributed by atoms with E-state index in [0.717, 1.165) is 25.7 Å². The predicted octanol–water partition coefficient (Wildman–Crippen LogP) is 4.13. The second kappa shape index (κ2) is 10.7. The van der Waals surface area contributed by atoms with E-state index in [-0.39, 0.29) is 23.1 Å². The standard InChI is InChI=1S/C25H23Cl2NO7/c26-17-7-3-14(4-8-17)24(32)34-20(22(29)28-19-12-13-1-2-16(19)11-13)21(23(30)31)35-25(33)15-5-9-18(27)10-6-15/h3-10,13,16,19-21H,1-2,11-12H2,(H,28,29)(H,30,31)/t13-,16-,19+,20-,21-/m0/s1. The summed E-state index contributed by atoms with van der Waals surface area (Å²) in [5.41, 5.74) is 0.0808. The first-order chi connectivity index (χ1) is 16.7. The normalized spacial score (nSPS) is 22.2. The monoisotopic (exact) mass is 519 g/mol. The van der Waals surface area contributed by atoms with Gasteiger partial charge < -0.3 is 19.9 Å². The Morgan fingerprint density at radius 2 is 1.31 bits per heavy atom. The molecule has 10 heteroatoms. The van der Waals surface area contributed by atoms with E-state index in [2.05, 4.69) is 5.32 Å². The third-order valence-electron chi connectivity index (χ3n) is 6.47. The van der Waals surface area contributed by atoms with Crippen molar-refractivity contribution in [3.8, 4) is 0 Å². The van der Waals surface area contributed by atoms with Crippen LogP contribution in [-0.4, -0.2) is 47.2 Å². The lowest BCUT2D eigenvalue weighted by atomic mass is 9.95. The molecule has 0 spiro atoms. The number of nitrogens with one attached hydrogen (secondary N) is 1. The molecule has 0 aliphatic heterocycles. The predicted molar refractivity (Wildman–Crippen MR) is 126 cm³/mol. The van der Waals surface area contributed by atoms with Crippen LogP contribution >= 0.6 is 23.2 Å². The van der Waals surface area contributed by atoms with E-state index in [9.17, 15) is 24.3 Å². The van der Waals surface area contributed by atoms with E-state index in [4.69, 9.17) is 32.7 Å². The summed E-state index contributed by atoms with van der Waals surface area (Å²) in [7, 11) is 0. The van der Waals surface area contributed by atoms with Crippen molar-refractivity contribution in [3.63, 3.8) is 0 Å². The molecule has 2 aliphatic carbocycles. The summed E-state index contributed by atoms with van der Waals surface area (Å²) in [6.45, 7) is 0. The molecule has 0 aromatic heterocycles. The van der Waals surface area contributed by atoms with Gasteiger partial charge in [0.2, 0.25) is 12.2 Å². The van der Waals surface area contributed by atoms with Crippen LogP contribution in [0, 0.1) is 11.8 Å². The molecule has 8 nitrogen and oxygen atoms in total. The molecule has 5 atom stereocenters. The van der Waals surface area contributed by atoms with Crippen molar-refractivity contribution in [2.75, 3.05) is 0 Å². The number of hydrogen-bond donors (Lipinski definition) is 2. The van der Waals surface area contributed by atoms with E-state index in [1.54, 1.807) is 0 Å². The van der Waals surface area contributed by atoms with Crippen molar-refractivity contribution in [1.82, 2.24) is 5.32 Å². The number of carboxylic acids is 1. The Hall–Kier alpha value is -3.10. The molecular weight excluding hydrogens is 497 g/mol. The van der Waals surface area contributed by atoms with Gasteiger partial charge in [-0.15, -0.1) is 0 Å². The topological polar surface area (TPSA) is 119 Å². The number of esters is 2. The Morgan fingerprint density at radius 3 is 1.74 bits per heavy atom. The maximum Gasteiger partial charge on any atom is 0.349 e. The molecule has 35 heavy (non-hydrogen) atoms. The number of amides is 1. The molecule has 1 amide bonds. The molecule has 2 aromatic rings. The summed E-state index contributed by atoms with van der Waals surface area (Å²) in [5, 5.41) is 13.4. The second-order valence-electron chi connectivity index (χ2n) is 8.79. The number of carbonyl (C=O) groups is 4. The summed E-state index contributed by atoms with van der Waals surface area (Å²) < 4.78 is 10.5. The first-order valence-corrected chi connectivity index (χ1v) is 11.9. The Bertz CT molecular complexity index is 1120. The molecule has 2 aliphatic rings. The van der Waals surface area contributed by atoms with Gasteiger partial charge in [0.25, 0.3) is 5.91 Å². The quantitative estimate of drug-likeness (QED) is 0.503. The van der Waals surface area contributed by atoms with Gasteiger partial charge in [-0.05, 0) is 79.6 Å². The minimum atomic E-state index is -2.08. The minimum Gasteiger partial charge on any atom is -0.478 e. The molecular formula is C25H23Cl2NO7. The van der Waals surface area contributed by atoms with Crippen LogP contribution in [0.2, 0.25) is 10.0 Å². The van der Waals surface area contributed by atoms with Gasteiger partial charge in [-0.3, -0.25) is 4.79 Å².